The van der Waals surface area contributed by atoms with Gasteiger partial charge in [0.25, 0.3) is 0 Å². The second-order valence-corrected chi connectivity index (χ2v) is 7.46. The summed E-state index contributed by atoms with van der Waals surface area (Å²) in [7, 11) is 1.67. The summed E-state index contributed by atoms with van der Waals surface area (Å²) in [6.45, 7) is 7.27. The van der Waals surface area contributed by atoms with Crippen molar-refractivity contribution < 1.29 is 13.9 Å². The molecule has 1 fully saturated rings. The van der Waals surface area contributed by atoms with Crippen molar-refractivity contribution in [2.75, 3.05) is 38.2 Å². The van der Waals surface area contributed by atoms with Gasteiger partial charge in [0.2, 0.25) is 5.91 Å². The zero-order valence-electron chi connectivity index (χ0n) is 16.7. The summed E-state index contributed by atoms with van der Waals surface area (Å²) in [6, 6.07) is 12.3. The molecule has 3 aromatic rings. The van der Waals surface area contributed by atoms with E-state index in [1.807, 2.05) is 23.1 Å². The molecular formula is C23H26N2O3. The Kier molecular flexibility index (Phi) is 4.99. The lowest BCUT2D eigenvalue weighted by atomic mass is 10.0. The minimum Gasteiger partial charge on any atom is -0.497 e. The van der Waals surface area contributed by atoms with Gasteiger partial charge in [-0.3, -0.25) is 4.79 Å². The maximum absolute atomic E-state index is 12.9. The van der Waals surface area contributed by atoms with Gasteiger partial charge in [0, 0.05) is 42.8 Å². The quantitative estimate of drug-likeness (QED) is 0.690. The molecule has 0 atom stereocenters. The van der Waals surface area contributed by atoms with Crippen LogP contribution in [0.15, 0.2) is 47.1 Å². The molecule has 4 rings (SSSR count). The van der Waals surface area contributed by atoms with Crippen molar-refractivity contribution >= 4 is 22.6 Å². The molecule has 0 unspecified atom stereocenters. The van der Waals surface area contributed by atoms with E-state index in [-0.39, 0.29) is 5.91 Å². The van der Waals surface area contributed by atoms with Gasteiger partial charge < -0.3 is 19.0 Å². The lowest BCUT2D eigenvalue weighted by Gasteiger charge is -2.36. The van der Waals surface area contributed by atoms with E-state index < -0.39 is 0 Å². The highest BCUT2D eigenvalue weighted by molar-refractivity contribution is 5.90. The third-order valence-corrected chi connectivity index (χ3v) is 5.50. The second-order valence-electron chi connectivity index (χ2n) is 7.46. The zero-order chi connectivity index (χ0) is 19.7. The maximum Gasteiger partial charge on any atom is 0.227 e. The van der Waals surface area contributed by atoms with Crippen LogP contribution < -0.4 is 9.64 Å². The molecule has 2 aromatic carbocycles. The summed E-state index contributed by atoms with van der Waals surface area (Å²) in [5.74, 6) is 1.02. The number of hydrogen-bond donors (Lipinski definition) is 0. The number of methoxy groups -OCH3 is 1. The van der Waals surface area contributed by atoms with Crippen molar-refractivity contribution in [1.29, 1.82) is 0 Å². The minimum atomic E-state index is 0.164. The third-order valence-electron chi connectivity index (χ3n) is 5.50. The minimum absolute atomic E-state index is 0.164. The number of piperazine rings is 1. The average molecular weight is 378 g/mol. The van der Waals surface area contributed by atoms with Gasteiger partial charge in [0.05, 0.1) is 19.8 Å². The predicted octanol–water partition coefficient (Wildman–Crippen LogP) is 3.95. The molecule has 1 amide bonds. The fraction of sp³-hybridized carbons (Fsp3) is 0.348. The topological polar surface area (TPSA) is 45.9 Å². The van der Waals surface area contributed by atoms with E-state index in [4.69, 9.17) is 9.15 Å². The fourth-order valence-corrected chi connectivity index (χ4v) is 4.04. The Balaban J connectivity index is 1.40. The van der Waals surface area contributed by atoms with Crippen LogP contribution in [-0.2, 0) is 11.2 Å². The number of benzene rings is 2. The van der Waals surface area contributed by atoms with E-state index in [9.17, 15) is 4.79 Å². The van der Waals surface area contributed by atoms with E-state index in [1.54, 1.807) is 13.4 Å². The van der Waals surface area contributed by atoms with Crippen molar-refractivity contribution in [3.63, 3.8) is 0 Å². The number of anilines is 1. The number of fused-ring (bicyclic) bond motifs is 1. The Bertz CT molecular complexity index is 983. The number of carbonyl (C=O) groups is 1. The van der Waals surface area contributed by atoms with Gasteiger partial charge in [-0.05, 0) is 55.3 Å². The number of aryl methyl sites for hydroxylation is 2. The lowest BCUT2D eigenvalue weighted by Crippen LogP contribution is -2.49. The Hall–Kier alpha value is -2.95. The predicted molar refractivity (Wildman–Crippen MR) is 111 cm³/mol. The molecule has 5 heteroatoms. The number of rotatable bonds is 4. The Morgan fingerprint density at radius 2 is 1.79 bits per heavy atom. The van der Waals surface area contributed by atoms with Crippen molar-refractivity contribution in [3.05, 3.63) is 59.4 Å². The van der Waals surface area contributed by atoms with E-state index in [1.165, 1.54) is 11.3 Å². The number of hydrogen-bond acceptors (Lipinski definition) is 4. The van der Waals surface area contributed by atoms with Crippen LogP contribution in [0.2, 0.25) is 0 Å². The van der Waals surface area contributed by atoms with E-state index in [0.717, 1.165) is 54.0 Å². The van der Waals surface area contributed by atoms with Gasteiger partial charge in [-0.15, -0.1) is 0 Å². The molecule has 1 aliphatic rings. The van der Waals surface area contributed by atoms with Gasteiger partial charge >= 0.3 is 0 Å². The van der Waals surface area contributed by atoms with Crippen molar-refractivity contribution in [2.45, 2.75) is 20.3 Å². The summed E-state index contributed by atoms with van der Waals surface area (Å²) in [5.41, 5.74) is 5.35. The normalized spacial score (nSPS) is 14.5. The molecule has 5 nitrogen and oxygen atoms in total. The smallest absolute Gasteiger partial charge is 0.227 e. The lowest BCUT2D eigenvalue weighted by molar-refractivity contribution is -0.130. The first kappa shape index (κ1) is 18.4. The average Bonchev–Trinajstić information content (AvgIpc) is 3.11. The maximum atomic E-state index is 12.9. The van der Waals surface area contributed by atoms with Crippen molar-refractivity contribution in [3.8, 4) is 5.75 Å². The SMILES string of the molecule is COc1ccc(N2CCN(C(=O)Cc3coc4cc(C)cc(C)c34)CC2)cc1. The van der Waals surface area contributed by atoms with Crippen molar-refractivity contribution in [1.82, 2.24) is 4.90 Å². The first-order valence-corrected chi connectivity index (χ1v) is 9.69. The van der Waals surface area contributed by atoms with Gasteiger partial charge in [0.1, 0.15) is 11.3 Å². The molecule has 0 radical (unpaired) electrons. The van der Waals surface area contributed by atoms with Crippen LogP contribution in [0.25, 0.3) is 11.0 Å². The Morgan fingerprint density at radius 3 is 2.46 bits per heavy atom. The van der Waals surface area contributed by atoms with Crippen molar-refractivity contribution in [2.24, 2.45) is 0 Å². The third kappa shape index (κ3) is 3.57. The Labute approximate surface area is 165 Å². The molecule has 28 heavy (non-hydrogen) atoms. The molecule has 146 valence electrons. The van der Waals surface area contributed by atoms with Gasteiger partial charge in [-0.1, -0.05) is 6.07 Å². The fourth-order valence-electron chi connectivity index (χ4n) is 4.04. The Morgan fingerprint density at radius 1 is 1.07 bits per heavy atom. The van der Waals surface area contributed by atoms with Gasteiger partial charge in [-0.25, -0.2) is 0 Å². The summed E-state index contributed by atoms with van der Waals surface area (Å²) in [5, 5.41) is 1.08. The summed E-state index contributed by atoms with van der Waals surface area (Å²) < 4.78 is 10.9. The molecule has 1 aromatic heterocycles. The number of furan rings is 1. The first-order chi connectivity index (χ1) is 13.5. The van der Waals surface area contributed by atoms with E-state index in [0.29, 0.717) is 6.42 Å². The zero-order valence-corrected chi connectivity index (χ0v) is 16.7. The summed E-state index contributed by atoms with van der Waals surface area (Å²) >= 11 is 0. The highest BCUT2D eigenvalue weighted by atomic mass is 16.5. The van der Waals surface area contributed by atoms with Gasteiger partial charge in [-0.2, -0.15) is 0 Å². The first-order valence-electron chi connectivity index (χ1n) is 9.69. The van der Waals surface area contributed by atoms with E-state index >= 15 is 0 Å². The van der Waals surface area contributed by atoms with Crippen LogP contribution in [0.4, 0.5) is 5.69 Å². The number of carbonyl (C=O) groups excluding carboxylic acids is 1. The molecule has 0 saturated carbocycles. The largest absolute Gasteiger partial charge is 0.497 e. The van der Waals surface area contributed by atoms with Crippen LogP contribution >= 0.6 is 0 Å². The molecule has 0 N–H and O–H groups in total. The van der Waals surface area contributed by atoms with Crippen LogP contribution in [0.1, 0.15) is 16.7 Å². The second kappa shape index (κ2) is 7.58. The number of nitrogens with zero attached hydrogens (tertiary/aromatic N) is 2. The molecule has 0 aliphatic carbocycles. The van der Waals surface area contributed by atoms with Gasteiger partial charge in [0.15, 0.2) is 0 Å². The molecule has 1 saturated heterocycles. The highest BCUT2D eigenvalue weighted by Gasteiger charge is 2.23. The molecule has 1 aliphatic heterocycles. The number of ether oxygens (including phenoxy) is 1. The van der Waals surface area contributed by atoms with Crippen LogP contribution in [0.5, 0.6) is 5.75 Å². The summed E-state index contributed by atoms with van der Waals surface area (Å²) in [4.78, 5) is 17.1. The summed E-state index contributed by atoms with van der Waals surface area (Å²) in [6.07, 6.45) is 2.13. The number of amides is 1. The monoisotopic (exact) mass is 378 g/mol. The standard InChI is InChI=1S/C23H26N2O3/c1-16-12-17(2)23-18(15-28-21(23)13-16)14-22(26)25-10-8-24(9-11-25)19-4-6-20(27-3)7-5-19/h4-7,12-13,15H,8-11,14H2,1-3H3. The highest BCUT2D eigenvalue weighted by Crippen LogP contribution is 2.27. The van der Waals surface area contributed by atoms with Crippen LogP contribution in [0, 0.1) is 13.8 Å². The molecule has 0 bridgehead atoms. The van der Waals surface area contributed by atoms with Crippen LogP contribution in [0.3, 0.4) is 0 Å². The van der Waals surface area contributed by atoms with E-state index in [2.05, 4.69) is 36.9 Å². The molecule has 2 heterocycles. The van der Waals surface area contributed by atoms with Crippen LogP contribution in [-0.4, -0.2) is 44.1 Å². The molecule has 0 spiro atoms. The molecular weight excluding hydrogens is 352 g/mol.